The molecule has 3 aromatic rings. The fourth-order valence-electron chi connectivity index (χ4n) is 3.27. The van der Waals surface area contributed by atoms with Crippen molar-refractivity contribution in [2.45, 2.75) is 12.8 Å². The first-order valence-electron chi connectivity index (χ1n) is 9.08. The molecule has 3 heterocycles. The molecule has 1 fully saturated rings. The predicted molar refractivity (Wildman–Crippen MR) is 111 cm³/mol. The first kappa shape index (κ1) is 19.1. The highest BCUT2D eigenvalue weighted by Gasteiger charge is 2.24. The molecule has 0 saturated carbocycles. The highest BCUT2D eigenvalue weighted by atomic mass is 79.9. The minimum atomic E-state index is 0.209. The van der Waals surface area contributed by atoms with E-state index in [1.54, 1.807) is 16.8 Å². The van der Waals surface area contributed by atoms with Crippen LogP contribution in [0.25, 0.3) is 16.9 Å². The van der Waals surface area contributed by atoms with Crippen molar-refractivity contribution in [3.63, 3.8) is 0 Å². The van der Waals surface area contributed by atoms with Gasteiger partial charge in [-0.05, 0) is 30.7 Å². The molecule has 0 N–H and O–H groups in total. The summed E-state index contributed by atoms with van der Waals surface area (Å²) in [6.07, 6.45) is 2.97. The van der Waals surface area contributed by atoms with Gasteiger partial charge in [0.1, 0.15) is 6.33 Å². The third-order valence-corrected chi connectivity index (χ3v) is 5.56. The van der Waals surface area contributed by atoms with Gasteiger partial charge in [-0.25, -0.2) is 9.97 Å². The van der Waals surface area contributed by atoms with E-state index in [1.165, 1.54) is 6.33 Å². The van der Waals surface area contributed by atoms with Crippen molar-refractivity contribution >= 4 is 50.4 Å². The number of rotatable bonds is 5. The summed E-state index contributed by atoms with van der Waals surface area (Å²) in [7, 11) is 0. The number of alkyl halides is 1. The molecule has 28 heavy (non-hydrogen) atoms. The van der Waals surface area contributed by atoms with Gasteiger partial charge in [0, 0.05) is 43.0 Å². The van der Waals surface area contributed by atoms with Crippen LogP contribution in [-0.2, 0) is 4.79 Å². The summed E-state index contributed by atoms with van der Waals surface area (Å²) < 4.78 is 1.68. The number of hydrogen-bond donors (Lipinski definition) is 0. The smallest absolute Gasteiger partial charge is 0.222 e. The third kappa shape index (κ3) is 3.81. The summed E-state index contributed by atoms with van der Waals surface area (Å²) in [6, 6.07) is 7.35. The van der Waals surface area contributed by atoms with Crippen molar-refractivity contribution in [1.82, 2.24) is 29.9 Å². The maximum absolute atomic E-state index is 12.2. The van der Waals surface area contributed by atoms with Gasteiger partial charge in [0.2, 0.25) is 5.91 Å². The number of anilines is 1. The van der Waals surface area contributed by atoms with Gasteiger partial charge >= 0.3 is 0 Å². The molecule has 0 radical (unpaired) electrons. The Morgan fingerprint density at radius 3 is 2.57 bits per heavy atom. The normalized spacial score (nSPS) is 14.6. The first-order valence-corrected chi connectivity index (χ1v) is 10.6. The highest BCUT2D eigenvalue weighted by molar-refractivity contribution is 9.09. The van der Waals surface area contributed by atoms with E-state index in [0.29, 0.717) is 48.8 Å². The minimum absolute atomic E-state index is 0.209. The molecule has 1 aliphatic heterocycles. The second-order valence-electron chi connectivity index (χ2n) is 6.51. The van der Waals surface area contributed by atoms with Crippen LogP contribution in [0, 0.1) is 0 Å². The summed E-state index contributed by atoms with van der Waals surface area (Å²) >= 11 is 9.34. The number of carbonyl (C=O) groups excluding carboxylic acids is 1. The molecule has 0 atom stereocenters. The van der Waals surface area contributed by atoms with Gasteiger partial charge in [0.05, 0.1) is 5.69 Å². The lowest BCUT2D eigenvalue weighted by molar-refractivity contribution is -0.131. The van der Waals surface area contributed by atoms with Crippen LogP contribution in [0.5, 0.6) is 0 Å². The van der Waals surface area contributed by atoms with Crippen molar-refractivity contribution in [1.29, 1.82) is 0 Å². The number of amides is 1. The molecule has 146 valence electrons. The monoisotopic (exact) mass is 463 g/mol. The highest BCUT2D eigenvalue weighted by Crippen LogP contribution is 2.24. The van der Waals surface area contributed by atoms with Gasteiger partial charge in [0.25, 0.3) is 0 Å². The molecule has 4 rings (SSSR count). The largest absolute Gasteiger partial charge is 0.351 e. The van der Waals surface area contributed by atoms with E-state index in [4.69, 9.17) is 11.6 Å². The molecule has 10 heteroatoms. The second-order valence-corrected chi connectivity index (χ2v) is 7.74. The Bertz CT molecular complexity index is 970. The predicted octanol–water partition coefficient (Wildman–Crippen LogP) is 2.69. The Morgan fingerprint density at radius 1 is 1.11 bits per heavy atom. The fourth-order valence-corrected chi connectivity index (χ4v) is 3.67. The van der Waals surface area contributed by atoms with Crippen LogP contribution in [0.15, 0.2) is 30.6 Å². The van der Waals surface area contributed by atoms with Gasteiger partial charge in [-0.1, -0.05) is 32.7 Å². The van der Waals surface area contributed by atoms with Crippen molar-refractivity contribution in [2.75, 3.05) is 36.4 Å². The molecule has 2 aromatic heterocycles. The van der Waals surface area contributed by atoms with Crippen molar-refractivity contribution in [3.05, 3.63) is 35.6 Å². The third-order valence-electron chi connectivity index (χ3n) is 4.75. The summed E-state index contributed by atoms with van der Waals surface area (Å²) in [5, 5.41) is 10.1. The van der Waals surface area contributed by atoms with Crippen LogP contribution in [-0.4, -0.2) is 67.3 Å². The molecule has 0 aliphatic carbocycles. The zero-order chi connectivity index (χ0) is 19.5. The molecule has 1 aromatic carbocycles. The van der Waals surface area contributed by atoms with Crippen molar-refractivity contribution in [3.8, 4) is 5.69 Å². The van der Waals surface area contributed by atoms with E-state index < -0.39 is 0 Å². The Kier molecular flexibility index (Phi) is 5.72. The van der Waals surface area contributed by atoms with Crippen LogP contribution < -0.4 is 4.90 Å². The maximum atomic E-state index is 12.2. The maximum Gasteiger partial charge on any atom is 0.222 e. The minimum Gasteiger partial charge on any atom is -0.351 e. The summed E-state index contributed by atoms with van der Waals surface area (Å²) in [6.45, 7) is 2.77. The Morgan fingerprint density at radius 2 is 1.86 bits per heavy atom. The number of halogens is 2. The molecular weight excluding hydrogens is 446 g/mol. The van der Waals surface area contributed by atoms with Crippen LogP contribution in [0.2, 0.25) is 5.02 Å². The van der Waals surface area contributed by atoms with Crippen LogP contribution >= 0.6 is 27.5 Å². The number of hydrogen-bond acceptors (Lipinski definition) is 6. The van der Waals surface area contributed by atoms with Gasteiger partial charge in [-0.15, -0.1) is 5.10 Å². The average Bonchev–Trinajstić information content (AvgIpc) is 3.17. The van der Waals surface area contributed by atoms with Crippen molar-refractivity contribution < 1.29 is 4.79 Å². The number of carbonyl (C=O) groups is 1. The van der Waals surface area contributed by atoms with Gasteiger partial charge < -0.3 is 9.80 Å². The Hall–Kier alpha value is -2.26. The van der Waals surface area contributed by atoms with Gasteiger partial charge in [0.15, 0.2) is 17.0 Å². The quantitative estimate of drug-likeness (QED) is 0.540. The topological polar surface area (TPSA) is 80.0 Å². The Balaban J connectivity index is 1.54. The number of piperazine rings is 1. The van der Waals surface area contributed by atoms with Crippen LogP contribution in [0.1, 0.15) is 12.8 Å². The van der Waals surface area contributed by atoms with E-state index in [0.717, 1.165) is 23.3 Å². The zero-order valence-corrected chi connectivity index (χ0v) is 17.5. The molecule has 8 nitrogen and oxygen atoms in total. The number of aromatic nitrogens is 5. The van der Waals surface area contributed by atoms with E-state index in [2.05, 4.69) is 41.1 Å². The zero-order valence-electron chi connectivity index (χ0n) is 15.1. The number of benzene rings is 1. The molecule has 1 aliphatic rings. The summed E-state index contributed by atoms with van der Waals surface area (Å²) in [5.41, 5.74) is 2.12. The second kappa shape index (κ2) is 8.40. The SMILES string of the molecule is O=C(CCCBr)N1CCN(c2ncnc3c2nnn3-c2ccc(Cl)cc2)CC1. The number of fused-ring (bicyclic) bond motifs is 1. The average molecular weight is 465 g/mol. The molecule has 1 saturated heterocycles. The van der Waals surface area contributed by atoms with Crippen molar-refractivity contribution in [2.24, 2.45) is 0 Å². The molecule has 0 unspecified atom stereocenters. The lowest BCUT2D eigenvalue weighted by Crippen LogP contribution is -2.49. The van der Waals surface area contributed by atoms with Crippen LogP contribution in [0.4, 0.5) is 5.82 Å². The molecule has 0 spiro atoms. The standard InChI is InChI=1S/C18H19BrClN7O/c19-7-1-2-15(28)25-8-10-26(11-9-25)17-16-18(22-12-21-17)27(24-23-16)14-5-3-13(20)4-6-14/h3-6,12H,1-2,7-11H2. The van der Waals surface area contributed by atoms with Gasteiger partial charge in [-0.2, -0.15) is 4.68 Å². The molecular formula is C18H19BrClN7O. The molecule has 0 bridgehead atoms. The lowest BCUT2D eigenvalue weighted by atomic mass is 10.2. The van der Waals surface area contributed by atoms with E-state index in [9.17, 15) is 4.79 Å². The molecule has 1 amide bonds. The summed E-state index contributed by atoms with van der Waals surface area (Å²) in [5.74, 6) is 0.957. The van der Waals surface area contributed by atoms with E-state index in [1.807, 2.05) is 17.0 Å². The van der Waals surface area contributed by atoms with Gasteiger partial charge in [-0.3, -0.25) is 4.79 Å². The Labute approximate surface area is 175 Å². The van der Waals surface area contributed by atoms with E-state index in [-0.39, 0.29) is 5.91 Å². The summed E-state index contributed by atoms with van der Waals surface area (Å²) in [4.78, 5) is 25.1. The first-order chi connectivity index (χ1) is 13.7. The van der Waals surface area contributed by atoms with Crippen LogP contribution in [0.3, 0.4) is 0 Å². The fraction of sp³-hybridized carbons (Fsp3) is 0.389. The lowest BCUT2D eigenvalue weighted by Gasteiger charge is -2.35. The van der Waals surface area contributed by atoms with E-state index >= 15 is 0 Å². The number of nitrogens with zero attached hydrogens (tertiary/aromatic N) is 7.